The SMILES string of the molecule is CCCCN1C(=O)[C@@H]([C@H](O)C2CCCCC2)NC(=O)C12CCN(CCCCOc1ccc(C(=O)N(CCOCC)CCOCC)cc1)CC2.Cl. The third-order valence-electron chi connectivity index (χ3n) is 10.6. The molecule has 284 valence electrons. The van der Waals surface area contributed by atoms with Gasteiger partial charge in [-0.05, 0) is 95.5 Å². The maximum Gasteiger partial charge on any atom is 0.254 e. The number of likely N-dealkylation sites (tertiary alicyclic amines) is 1. The first kappa shape index (κ1) is 42.0. The number of halogens is 1. The summed E-state index contributed by atoms with van der Waals surface area (Å²) in [4.78, 5) is 46.7. The van der Waals surface area contributed by atoms with E-state index in [0.29, 0.717) is 71.1 Å². The molecule has 3 fully saturated rings. The third-order valence-corrected chi connectivity index (χ3v) is 10.6. The summed E-state index contributed by atoms with van der Waals surface area (Å²) in [5.41, 5.74) is -0.216. The lowest BCUT2D eigenvalue weighted by atomic mass is 9.78. The number of carbonyl (C=O) groups excluding carboxylic acids is 3. The van der Waals surface area contributed by atoms with Crippen molar-refractivity contribution in [3.63, 3.8) is 0 Å². The largest absolute Gasteiger partial charge is 0.494 e. The molecule has 2 heterocycles. The molecule has 0 unspecified atom stereocenters. The molecule has 3 aliphatic rings. The zero-order valence-electron chi connectivity index (χ0n) is 30.7. The first-order valence-electron chi connectivity index (χ1n) is 19.0. The minimum absolute atomic E-state index is 0. The molecular weight excluding hydrogens is 660 g/mol. The number of rotatable bonds is 20. The van der Waals surface area contributed by atoms with E-state index in [9.17, 15) is 19.5 Å². The number of piperidine rings is 1. The zero-order chi connectivity index (χ0) is 35.1. The van der Waals surface area contributed by atoms with Crippen LogP contribution in [0, 0.1) is 5.92 Å². The van der Waals surface area contributed by atoms with Crippen molar-refractivity contribution in [1.82, 2.24) is 20.0 Å². The minimum atomic E-state index is -0.834. The number of ether oxygens (including phenoxy) is 3. The highest BCUT2D eigenvalue weighted by atomic mass is 35.5. The number of aliphatic hydroxyl groups excluding tert-OH is 1. The Kier molecular flexibility index (Phi) is 18.3. The Labute approximate surface area is 306 Å². The molecule has 12 heteroatoms. The molecule has 1 aliphatic carbocycles. The molecule has 11 nitrogen and oxygen atoms in total. The number of carbonyl (C=O) groups is 3. The van der Waals surface area contributed by atoms with Gasteiger partial charge in [-0.3, -0.25) is 14.4 Å². The summed E-state index contributed by atoms with van der Waals surface area (Å²) in [7, 11) is 0. The summed E-state index contributed by atoms with van der Waals surface area (Å²) in [5.74, 6) is 0.568. The van der Waals surface area contributed by atoms with Crippen LogP contribution in [0.2, 0.25) is 0 Å². The van der Waals surface area contributed by atoms with E-state index in [1.54, 1.807) is 4.90 Å². The quantitative estimate of drug-likeness (QED) is 0.186. The number of benzene rings is 1. The van der Waals surface area contributed by atoms with Crippen LogP contribution in [0.15, 0.2) is 24.3 Å². The fourth-order valence-electron chi connectivity index (χ4n) is 7.56. The van der Waals surface area contributed by atoms with Crippen LogP contribution in [0.4, 0.5) is 0 Å². The lowest BCUT2D eigenvalue weighted by Gasteiger charge is -2.52. The fourth-order valence-corrected chi connectivity index (χ4v) is 7.56. The van der Waals surface area contributed by atoms with Crippen LogP contribution >= 0.6 is 12.4 Å². The monoisotopic (exact) mass is 722 g/mol. The Morgan fingerprint density at radius 3 is 2.16 bits per heavy atom. The van der Waals surface area contributed by atoms with E-state index in [1.165, 1.54) is 6.42 Å². The highest BCUT2D eigenvalue weighted by Crippen LogP contribution is 2.36. The molecule has 4 rings (SSSR count). The van der Waals surface area contributed by atoms with Crippen molar-refractivity contribution in [3.05, 3.63) is 29.8 Å². The topological polar surface area (TPSA) is 121 Å². The summed E-state index contributed by atoms with van der Waals surface area (Å²) in [5, 5.41) is 14.2. The van der Waals surface area contributed by atoms with Crippen molar-refractivity contribution in [3.8, 4) is 5.75 Å². The molecule has 0 aromatic heterocycles. The van der Waals surface area contributed by atoms with Crippen LogP contribution in [0.3, 0.4) is 0 Å². The van der Waals surface area contributed by atoms with Crippen molar-refractivity contribution >= 4 is 30.1 Å². The number of nitrogens with zero attached hydrogens (tertiary/aromatic N) is 3. The first-order valence-corrected chi connectivity index (χ1v) is 19.0. The second-order valence-corrected chi connectivity index (χ2v) is 13.8. The van der Waals surface area contributed by atoms with E-state index in [-0.39, 0.29) is 36.0 Å². The maximum atomic E-state index is 13.9. The number of unbranched alkanes of at least 4 members (excludes halogenated alkanes) is 2. The van der Waals surface area contributed by atoms with Gasteiger partial charge in [-0.2, -0.15) is 0 Å². The number of amides is 3. The van der Waals surface area contributed by atoms with Crippen molar-refractivity contribution in [1.29, 1.82) is 0 Å². The molecule has 1 spiro atoms. The molecule has 2 saturated heterocycles. The van der Waals surface area contributed by atoms with Gasteiger partial charge in [0, 0.05) is 51.5 Å². The molecule has 1 aromatic carbocycles. The highest BCUT2D eigenvalue weighted by Gasteiger charge is 2.55. The summed E-state index contributed by atoms with van der Waals surface area (Å²) in [6.45, 7) is 12.8. The van der Waals surface area contributed by atoms with Crippen molar-refractivity contribution in [2.24, 2.45) is 5.92 Å². The van der Waals surface area contributed by atoms with Crippen molar-refractivity contribution in [2.75, 3.05) is 72.3 Å². The van der Waals surface area contributed by atoms with Gasteiger partial charge >= 0.3 is 0 Å². The maximum absolute atomic E-state index is 13.9. The molecule has 0 radical (unpaired) electrons. The molecule has 1 saturated carbocycles. The number of nitrogens with one attached hydrogen (secondary N) is 1. The smallest absolute Gasteiger partial charge is 0.254 e. The average molecular weight is 723 g/mol. The van der Waals surface area contributed by atoms with E-state index in [0.717, 1.165) is 76.8 Å². The van der Waals surface area contributed by atoms with Gasteiger partial charge in [-0.1, -0.05) is 32.6 Å². The second kappa shape index (κ2) is 21.8. The Hall–Kier alpha value is -2.44. The minimum Gasteiger partial charge on any atom is -0.494 e. The zero-order valence-corrected chi connectivity index (χ0v) is 31.6. The first-order chi connectivity index (χ1) is 23.8. The predicted octanol–water partition coefficient (Wildman–Crippen LogP) is 4.69. The summed E-state index contributed by atoms with van der Waals surface area (Å²) >= 11 is 0. The number of aliphatic hydroxyl groups is 1. The Morgan fingerprint density at radius 2 is 1.56 bits per heavy atom. The normalized spacial score (nSPS) is 20.3. The lowest BCUT2D eigenvalue weighted by molar-refractivity contribution is -0.165. The molecule has 0 bridgehead atoms. The fraction of sp³-hybridized carbons (Fsp3) is 0.763. The Balaban J connectivity index is 0.00000676. The van der Waals surface area contributed by atoms with Gasteiger partial charge in [0.05, 0.1) is 25.9 Å². The van der Waals surface area contributed by atoms with Crippen LogP contribution in [-0.4, -0.2) is 128 Å². The van der Waals surface area contributed by atoms with Crippen molar-refractivity contribution in [2.45, 2.75) is 109 Å². The van der Waals surface area contributed by atoms with E-state index in [1.807, 2.05) is 43.0 Å². The van der Waals surface area contributed by atoms with E-state index in [4.69, 9.17) is 14.2 Å². The summed E-state index contributed by atoms with van der Waals surface area (Å²) in [6, 6.07) is 6.48. The molecular formula is C38H63ClN4O7. The molecule has 2 atom stereocenters. The van der Waals surface area contributed by atoms with E-state index in [2.05, 4.69) is 17.1 Å². The molecule has 50 heavy (non-hydrogen) atoms. The number of hydrogen-bond acceptors (Lipinski definition) is 8. The number of hydrogen-bond donors (Lipinski definition) is 2. The van der Waals surface area contributed by atoms with Gasteiger partial charge in [0.15, 0.2) is 0 Å². The van der Waals surface area contributed by atoms with Gasteiger partial charge in [0.25, 0.3) is 5.91 Å². The Bertz CT molecular complexity index is 1150. The molecule has 1 aromatic rings. The summed E-state index contributed by atoms with van der Waals surface area (Å²) in [6.07, 6.45) is 9.17. The van der Waals surface area contributed by atoms with Gasteiger partial charge in [-0.25, -0.2) is 0 Å². The third kappa shape index (κ3) is 11.3. The van der Waals surface area contributed by atoms with Crippen LogP contribution in [0.25, 0.3) is 0 Å². The van der Waals surface area contributed by atoms with Crippen molar-refractivity contribution < 1.29 is 33.7 Å². The van der Waals surface area contributed by atoms with Crippen LogP contribution in [-0.2, 0) is 19.1 Å². The van der Waals surface area contributed by atoms with Crippen LogP contribution in [0.5, 0.6) is 5.75 Å². The molecule has 2 N–H and O–H groups in total. The van der Waals surface area contributed by atoms with Crippen LogP contribution < -0.4 is 10.1 Å². The van der Waals surface area contributed by atoms with Crippen LogP contribution in [0.1, 0.15) is 102 Å². The van der Waals surface area contributed by atoms with Gasteiger partial charge in [0.1, 0.15) is 17.3 Å². The highest BCUT2D eigenvalue weighted by molar-refractivity contribution is 6.00. The second-order valence-electron chi connectivity index (χ2n) is 13.8. The summed E-state index contributed by atoms with van der Waals surface area (Å²) < 4.78 is 16.9. The van der Waals surface area contributed by atoms with Gasteiger partial charge in [0.2, 0.25) is 11.8 Å². The average Bonchev–Trinajstić information content (AvgIpc) is 3.13. The van der Waals surface area contributed by atoms with E-state index >= 15 is 0 Å². The number of piperazine rings is 1. The lowest BCUT2D eigenvalue weighted by Crippen LogP contribution is -2.75. The Morgan fingerprint density at radius 1 is 0.920 bits per heavy atom. The molecule has 2 aliphatic heterocycles. The predicted molar refractivity (Wildman–Crippen MR) is 197 cm³/mol. The van der Waals surface area contributed by atoms with Gasteiger partial charge in [-0.15, -0.1) is 12.4 Å². The standard InChI is InChI=1S/C38H62N4O7.ClH/c1-4-7-22-42-36(45)33(34(43)30-13-9-8-10-14-30)39-37(46)38(42)19-23-40(24-20-38)21-11-12-27-49-32-17-15-31(16-18-32)35(44)41(25-28-47-5-2)26-29-48-6-3;/h15-18,30,33-34,43H,4-14,19-29H2,1-3H3,(H,39,46);1H/t33-,34-;/m1./s1. The van der Waals surface area contributed by atoms with Gasteiger partial charge < -0.3 is 39.3 Å². The molecule has 3 amide bonds. The van der Waals surface area contributed by atoms with E-state index < -0.39 is 17.7 Å².